The van der Waals surface area contributed by atoms with Crippen LogP contribution in [0.3, 0.4) is 0 Å². The number of nitrogens with one attached hydrogen (secondary N) is 1. The highest BCUT2D eigenvalue weighted by molar-refractivity contribution is 9.10. The molecular weight excluding hydrogens is 315 g/mol. The van der Waals surface area contributed by atoms with Gasteiger partial charge in [-0.05, 0) is 34.1 Å². The molecule has 98 valence electrons. The zero-order valence-electron chi connectivity index (χ0n) is 9.65. The maximum absolute atomic E-state index is 13.7. The highest BCUT2D eigenvalue weighted by Gasteiger charge is 2.14. The number of nitrogens with zero attached hydrogens (tertiary/aromatic N) is 1. The molecule has 0 atom stereocenters. The van der Waals surface area contributed by atoms with Crippen molar-refractivity contribution in [3.05, 3.63) is 46.3 Å². The minimum Gasteiger partial charge on any atom is -0.397 e. The summed E-state index contributed by atoms with van der Waals surface area (Å²) in [7, 11) is 0. The van der Waals surface area contributed by atoms with Gasteiger partial charge in [0.1, 0.15) is 11.6 Å². The number of primary amides is 1. The molecule has 0 aliphatic rings. The number of amides is 1. The molecule has 0 saturated heterocycles. The van der Waals surface area contributed by atoms with E-state index in [1.54, 1.807) is 12.1 Å². The van der Waals surface area contributed by atoms with Gasteiger partial charge in [0.15, 0.2) is 0 Å². The Morgan fingerprint density at radius 3 is 2.79 bits per heavy atom. The first kappa shape index (κ1) is 13.3. The second-order valence-electron chi connectivity index (χ2n) is 3.75. The monoisotopic (exact) mass is 324 g/mol. The van der Waals surface area contributed by atoms with Crippen LogP contribution in [0.1, 0.15) is 10.4 Å². The summed E-state index contributed by atoms with van der Waals surface area (Å²) in [5.74, 6) is -1.04. The predicted octanol–water partition coefficient (Wildman–Crippen LogP) is 2.41. The Balaban J connectivity index is 2.47. The smallest absolute Gasteiger partial charge is 0.252 e. The van der Waals surface area contributed by atoms with Crippen molar-refractivity contribution in [1.29, 1.82) is 0 Å². The fourth-order valence-corrected chi connectivity index (χ4v) is 1.95. The van der Waals surface area contributed by atoms with E-state index in [9.17, 15) is 9.18 Å². The van der Waals surface area contributed by atoms with Crippen LogP contribution in [-0.2, 0) is 0 Å². The molecule has 0 aliphatic carbocycles. The van der Waals surface area contributed by atoms with Crippen LogP contribution in [0.15, 0.2) is 34.9 Å². The molecule has 2 rings (SSSR count). The summed E-state index contributed by atoms with van der Waals surface area (Å²) in [6.45, 7) is 0. The number of carbonyl (C=O) groups is 1. The standard InChI is InChI=1S/C12H10BrFN4O/c13-8-2-1-3-9(14)10(8)18-12-7(11(16)19)4-6(15)5-17-12/h1-5H,15H2,(H2,16,19)(H,17,18). The summed E-state index contributed by atoms with van der Waals surface area (Å²) >= 11 is 3.21. The number of pyridine rings is 1. The summed E-state index contributed by atoms with van der Waals surface area (Å²) in [4.78, 5) is 15.3. The molecular formula is C12H10BrFN4O. The zero-order valence-corrected chi connectivity index (χ0v) is 11.2. The van der Waals surface area contributed by atoms with Gasteiger partial charge in [0.25, 0.3) is 5.91 Å². The van der Waals surface area contributed by atoms with Crippen LogP contribution >= 0.6 is 15.9 Å². The van der Waals surface area contributed by atoms with Crippen LogP contribution < -0.4 is 16.8 Å². The number of anilines is 3. The lowest BCUT2D eigenvalue weighted by Crippen LogP contribution is -2.15. The molecule has 0 unspecified atom stereocenters. The second-order valence-corrected chi connectivity index (χ2v) is 4.61. The Morgan fingerprint density at radius 2 is 2.16 bits per heavy atom. The highest BCUT2D eigenvalue weighted by Crippen LogP contribution is 2.29. The lowest BCUT2D eigenvalue weighted by Gasteiger charge is -2.11. The van der Waals surface area contributed by atoms with E-state index in [4.69, 9.17) is 11.5 Å². The average Bonchev–Trinajstić information content (AvgIpc) is 2.35. The number of nitrogen functional groups attached to an aromatic ring is 1. The number of hydrogen-bond donors (Lipinski definition) is 3. The van der Waals surface area contributed by atoms with Gasteiger partial charge < -0.3 is 16.8 Å². The van der Waals surface area contributed by atoms with Gasteiger partial charge in [0, 0.05) is 4.47 Å². The molecule has 19 heavy (non-hydrogen) atoms. The Bertz CT molecular complexity index is 627. The van der Waals surface area contributed by atoms with Crippen molar-refractivity contribution in [2.75, 3.05) is 11.1 Å². The van der Waals surface area contributed by atoms with Crippen LogP contribution in [0.5, 0.6) is 0 Å². The number of carbonyl (C=O) groups excluding carboxylic acids is 1. The molecule has 2 aromatic rings. The lowest BCUT2D eigenvalue weighted by atomic mass is 10.2. The quantitative estimate of drug-likeness (QED) is 0.808. The summed E-state index contributed by atoms with van der Waals surface area (Å²) in [6, 6.07) is 5.88. The summed E-state index contributed by atoms with van der Waals surface area (Å²) < 4.78 is 14.2. The molecule has 1 aromatic carbocycles. The zero-order chi connectivity index (χ0) is 14.0. The van der Waals surface area contributed by atoms with E-state index in [1.807, 2.05) is 0 Å². The first-order chi connectivity index (χ1) is 8.99. The number of aromatic nitrogens is 1. The fraction of sp³-hybridized carbons (Fsp3) is 0. The first-order valence-electron chi connectivity index (χ1n) is 5.25. The SMILES string of the molecule is NC(=O)c1cc(N)cnc1Nc1c(F)cccc1Br. The maximum atomic E-state index is 13.7. The average molecular weight is 325 g/mol. The Hall–Kier alpha value is -2.15. The van der Waals surface area contributed by atoms with E-state index in [2.05, 4.69) is 26.2 Å². The fourth-order valence-electron chi connectivity index (χ4n) is 1.50. The van der Waals surface area contributed by atoms with Crippen molar-refractivity contribution in [3.8, 4) is 0 Å². The number of rotatable bonds is 3. The number of nitrogens with two attached hydrogens (primary N) is 2. The van der Waals surface area contributed by atoms with E-state index in [-0.39, 0.29) is 17.1 Å². The van der Waals surface area contributed by atoms with Gasteiger partial charge in [-0.25, -0.2) is 9.37 Å². The van der Waals surface area contributed by atoms with Crippen molar-refractivity contribution in [2.45, 2.75) is 0 Å². The van der Waals surface area contributed by atoms with Crippen molar-refractivity contribution >= 4 is 39.0 Å². The molecule has 0 radical (unpaired) electrons. The molecule has 1 aromatic heterocycles. The molecule has 1 heterocycles. The van der Waals surface area contributed by atoms with Crippen LogP contribution in [-0.4, -0.2) is 10.9 Å². The first-order valence-corrected chi connectivity index (χ1v) is 6.04. The maximum Gasteiger partial charge on any atom is 0.252 e. The largest absolute Gasteiger partial charge is 0.397 e. The molecule has 5 N–H and O–H groups in total. The minimum absolute atomic E-state index is 0.0927. The van der Waals surface area contributed by atoms with Crippen molar-refractivity contribution < 1.29 is 9.18 Å². The van der Waals surface area contributed by atoms with Crippen molar-refractivity contribution in [3.63, 3.8) is 0 Å². The van der Waals surface area contributed by atoms with Crippen LogP contribution in [0.25, 0.3) is 0 Å². The molecule has 1 amide bonds. The van der Waals surface area contributed by atoms with Crippen LogP contribution in [0.4, 0.5) is 21.6 Å². The van der Waals surface area contributed by atoms with E-state index >= 15 is 0 Å². The molecule has 0 aliphatic heterocycles. The lowest BCUT2D eigenvalue weighted by molar-refractivity contribution is 0.100. The molecule has 0 spiro atoms. The topological polar surface area (TPSA) is 94.0 Å². The number of benzene rings is 1. The van der Waals surface area contributed by atoms with Gasteiger partial charge in [0.05, 0.1) is 23.1 Å². The Kier molecular flexibility index (Phi) is 3.66. The second kappa shape index (κ2) is 5.23. The van der Waals surface area contributed by atoms with Gasteiger partial charge in [-0.3, -0.25) is 4.79 Å². The van der Waals surface area contributed by atoms with Gasteiger partial charge >= 0.3 is 0 Å². The predicted molar refractivity (Wildman–Crippen MR) is 74.5 cm³/mol. The molecule has 5 nitrogen and oxygen atoms in total. The van der Waals surface area contributed by atoms with Gasteiger partial charge in [-0.2, -0.15) is 0 Å². The van der Waals surface area contributed by atoms with Crippen molar-refractivity contribution in [1.82, 2.24) is 4.98 Å². The number of para-hydroxylation sites is 1. The molecule has 0 bridgehead atoms. The highest BCUT2D eigenvalue weighted by atomic mass is 79.9. The molecule has 0 saturated carbocycles. The third-order valence-electron chi connectivity index (χ3n) is 2.38. The summed E-state index contributed by atoms with van der Waals surface area (Å²) in [5.41, 5.74) is 11.3. The van der Waals surface area contributed by atoms with E-state index in [0.717, 1.165) is 0 Å². The van der Waals surface area contributed by atoms with E-state index in [0.29, 0.717) is 10.2 Å². The summed E-state index contributed by atoms with van der Waals surface area (Å²) in [5, 5.41) is 2.73. The van der Waals surface area contributed by atoms with E-state index in [1.165, 1.54) is 18.3 Å². The van der Waals surface area contributed by atoms with Crippen LogP contribution in [0, 0.1) is 5.82 Å². The minimum atomic E-state index is -0.699. The third-order valence-corrected chi connectivity index (χ3v) is 3.04. The number of hydrogen-bond acceptors (Lipinski definition) is 4. The van der Waals surface area contributed by atoms with Crippen LogP contribution in [0.2, 0.25) is 0 Å². The summed E-state index contributed by atoms with van der Waals surface area (Å²) in [6.07, 6.45) is 1.35. The van der Waals surface area contributed by atoms with Gasteiger partial charge in [0.2, 0.25) is 0 Å². The van der Waals surface area contributed by atoms with Crippen molar-refractivity contribution in [2.24, 2.45) is 5.73 Å². The number of halogens is 2. The van der Waals surface area contributed by atoms with Gasteiger partial charge in [-0.15, -0.1) is 0 Å². The third kappa shape index (κ3) is 2.82. The normalized spacial score (nSPS) is 10.2. The van der Waals surface area contributed by atoms with E-state index < -0.39 is 11.7 Å². The van der Waals surface area contributed by atoms with Gasteiger partial charge in [-0.1, -0.05) is 6.07 Å². The Labute approximate surface area is 116 Å². The molecule has 7 heteroatoms. The Morgan fingerprint density at radius 1 is 1.42 bits per heavy atom. The molecule has 0 fully saturated rings.